The largest absolute Gasteiger partial charge is 0.451 e. The van der Waals surface area contributed by atoms with Crippen LogP contribution >= 0.6 is 0 Å². The summed E-state index contributed by atoms with van der Waals surface area (Å²) in [6.45, 7) is 4.81. The number of methoxy groups -OCH3 is 1. The minimum absolute atomic E-state index is 0.0211. The highest BCUT2D eigenvalue weighted by molar-refractivity contribution is 6.00. The Morgan fingerprint density at radius 1 is 1.10 bits per heavy atom. The molecule has 0 aliphatic rings. The van der Waals surface area contributed by atoms with E-state index in [4.69, 9.17) is 13.9 Å². The predicted molar refractivity (Wildman–Crippen MR) is 109 cm³/mol. The fraction of sp³-hybridized carbons (Fsp3) is 0.304. The van der Waals surface area contributed by atoms with Crippen LogP contribution < -0.4 is 0 Å². The summed E-state index contributed by atoms with van der Waals surface area (Å²) in [4.78, 5) is 24.8. The van der Waals surface area contributed by atoms with E-state index in [1.165, 1.54) is 18.2 Å². The maximum Gasteiger partial charge on any atom is 0.374 e. The Morgan fingerprint density at radius 2 is 1.83 bits per heavy atom. The number of hydrogen-bond donors (Lipinski definition) is 0. The van der Waals surface area contributed by atoms with Gasteiger partial charge in [-0.3, -0.25) is 4.79 Å². The standard InChI is InChI=1S/C23H24FNO5/c1-15-13-19(16(2)25(15)11-4-12-28-3)20(26)14-29-23(27)22-10-9-21(30-22)17-5-7-18(24)8-6-17/h5-10,13H,4,11-12,14H2,1-3H3. The third-order valence-electron chi connectivity index (χ3n) is 4.87. The smallest absolute Gasteiger partial charge is 0.374 e. The second kappa shape index (κ2) is 9.54. The maximum absolute atomic E-state index is 13.0. The number of Topliss-reactive ketones (excluding diaryl/α,β-unsaturated/α-hetero) is 1. The van der Waals surface area contributed by atoms with Gasteiger partial charge < -0.3 is 18.5 Å². The van der Waals surface area contributed by atoms with Crippen molar-refractivity contribution in [3.8, 4) is 11.3 Å². The lowest BCUT2D eigenvalue weighted by molar-refractivity contribution is 0.0444. The van der Waals surface area contributed by atoms with Crippen molar-refractivity contribution in [1.29, 1.82) is 0 Å². The molecule has 0 bridgehead atoms. The molecule has 0 saturated carbocycles. The summed E-state index contributed by atoms with van der Waals surface area (Å²) < 4.78 is 30.8. The van der Waals surface area contributed by atoms with Crippen LogP contribution in [0.15, 0.2) is 46.9 Å². The van der Waals surface area contributed by atoms with Gasteiger partial charge in [0.05, 0.1) is 0 Å². The summed E-state index contributed by atoms with van der Waals surface area (Å²) in [6.07, 6.45) is 0.838. The van der Waals surface area contributed by atoms with E-state index in [0.717, 1.165) is 24.4 Å². The lowest BCUT2D eigenvalue weighted by Crippen LogP contribution is -2.15. The average molecular weight is 413 g/mol. The third-order valence-corrected chi connectivity index (χ3v) is 4.87. The highest BCUT2D eigenvalue weighted by atomic mass is 19.1. The second-order valence-electron chi connectivity index (χ2n) is 6.95. The zero-order chi connectivity index (χ0) is 21.7. The fourth-order valence-electron chi connectivity index (χ4n) is 3.29. The van der Waals surface area contributed by atoms with E-state index in [1.807, 2.05) is 13.8 Å². The Morgan fingerprint density at radius 3 is 2.53 bits per heavy atom. The molecule has 6 nitrogen and oxygen atoms in total. The Kier molecular flexibility index (Phi) is 6.84. The molecule has 0 saturated heterocycles. The molecule has 2 heterocycles. The number of ketones is 1. The quantitative estimate of drug-likeness (QED) is 0.292. The zero-order valence-corrected chi connectivity index (χ0v) is 17.2. The molecule has 3 aromatic rings. The number of halogens is 1. The third kappa shape index (κ3) is 4.86. The first-order valence-corrected chi connectivity index (χ1v) is 9.62. The van der Waals surface area contributed by atoms with E-state index in [1.54, 1.807) is 31.4 Å². The van der Waals surface area contributed by atoms with Crippen molar-refractivity contribution in [2.24, 2.45) is 0 Å². The molecular formula is C23H24FNO5. The number of ether oxygens (including phenoxy) is 2. The molecule has 1 aromatic carbocycles. The molecule has 0 unspecified atom stereocenters. The monoisotopic (exact) mass is 413 g/mol. The van der Waals surface area contributed by atoms with Crippen molar-refractivity contribution in [1.82, 2.24) is 4.57 Å². The van der Waals surface area contributed by atoms with E-state index in [-0.39, 0.29) is 24.0 Å². The topological polar surface area (TPSA) is 70.7 Å². The van der Waals surface area contributed by atoms with Crippen LogP contribution in [0.3, 0.4) is 0 Å². The summed E-state index contributed by atoms with van der Waals surface area (Å²) in [5.74, 6) is -0.980. The molecule has 3 rings (SSSR count). The summed E-state index contributed by atoms with van der Waals surface area (Å²) in [5, 5.41) is 0. The van der Waals surface area contributed by atoms with Gasteiger partial charge in [0.25, 0.3) is 0 Å². The molecular weight excluding hydrogens is 389 g/mol. The van der Waals surface area contributed by atoms with Crippen molar-refractivity contribution in [2.75, 3.05) is 20.3 Å². The van der Waals surface area contributed by atoms with Crippen LogP contribution in [0.2, 0.25) is 0 Å². The molecule has 0 radical (unpaired) electrons. The van der Waals surface area contributed by atoms with Gasteiger partial charge in [0.1, 0.15) is 11.6 Å². The number of benzene rings is 1. The van der Waals surface area contributed by atoms with Crippen LogP contribution in [-0.4, -0.2) is 36.6 Å². The minimum Gasteiger partial charge on any atom is -0.451 e. The summed E-state index contributed by atoms with van der Waals surface area (Å²) >= 11 is 0. The summed E-state index contributed by atoms with van der Waals surface area (Å²) in [6, 6.07) is 10.6. The first-order valence-electron chi connectivity index (χ1n) is 9.62. The molecule has 0 atom stereocenters. The SMILES string of the molecule is COCCCn1c(C)cc(C(=O)COC(=O)c2ccc(-c3ccc(F)cc3)o2)c1C. The number of carbonyl (C=O) groups is 2. The van der Waals surface area contributed by atoms with E-state index in [2.05, 4.69) is 4.57 Å². The number of nitrogens with zero attached hydrogens (tertiary/aromatic N) is 1. The lowest BCUT2D eigenvalue weighted by atomic mass is 10.1. The molecule has 0 spiro atoms. The molecule has 0 N–H and O–H groups in total. The van der Waals surface area contributed by atoms with E-state index < -0.39 is 5.97 Å². The van der Waals surface area contributed by atoms with Crippen LogP contribution in [0.4, 0.5) is 4.39 Å². The molecule has 0 aliphatic carbocycles. The Labute approximate surface area is 174 Å². The van der Waals surface area contributed by atoms with Crippen molar-refractivity contribution >= 4 is 11.8 Å². The molecule has 158 valence electrons. The molecule has 0 aliphatic heterocycles. The predicted octanol–water partition coefficient (Wildman–Crippen LogP) is 4.58. The normalized spacial score (nSPS) is 10.9. The Hall–Kier alpha value is -3.19. The van der Waals surface area contributed by atoms with Crippen LogP contribution in [0.5, 0.6) is 0 Å². The molecule has 0 amide bonds. The van der Waals surface area contributed by atoms with Crippen molar-refractivity contribution in [2.45, 2.75) is 26.8 Å². The van der Waals surface area contributed by atoms with Gasteiger partial charge in [-0.25, -0.2) is 9.18 Å². The minimum atomic E-state index is -0.731. The van der Waals surface area contributed by atoms with Crippen LogP contribution in [0.25, 0.3) is 11.3 Å². The fourth-order valence-corrected chi connectivity index (χ4v) is 3.29. The number of furan rings is 1. The number of hydrogen-bond acceptors (Lipinski definition) is 5. The number of rotatable bonds is 9. The van der Waals surface area contributed by atoms with Gasteiger partial charge in [-0.05, 0) is 62.7 Å². The van der Waals surface area contributed by atoms with E-state index in [0.29, 0.717) is 23.5 Å². The van der Waals surface area contributed by atoms with Gasteiger partial charge in [-0.2, -0.15) is 0 Å². The molecule has 7 heteroatoms. The number of esters is 1. The molecule has 2 aromatic heterocycles. The highest BCUT2D eigenvalue weighted by Crippen LogP contribution is 2.23. The summed E-state index contributed by atoms with van der Waals surface area (Å²) in [5.41, 5.74) is 2.96. The number of aromatic nitrogens is 1. The van der Waals surface area contributed by atoms with Crippen LogP contribution in [-0.2, 0) is 16.0 Å². The zero-order valence-electron chi connectivity index (χ0n) is 17.2. The molecule has 0 fully saturated rings. The van der Waals surface area contributed by atoms with Crippen LogP contribution in [0.1, 0.15) is 38.7 Å². The van der Waals surface area contributed by atoms with Gasteiger partial charge in [0, 0.05) is 42.8 Å². The first-order chi connectivity index (χ1) is 14.4. The van der Waals surface area contributed by atoms with Gasteiger partial charge in [0.2, 0.25) is 11.5 Å². The summed E-state index contributed by atoms with van der Waals surface area (Å²) in [7, 11) is 1.65. The van der Waals surface area contributed by atoms with Crippen LogP contribution in [0, 0.1) is 19.7 Å². The van der Waals surface area contributed by atoms with Crippen molar-refractivity contribution < 1.29 is 27.9 Å². The van der Waals surface area contributed by atoms with Gasteiger partial charge in [-0.1, -0.05) is 0 Å². The first kappa shape index (κ1) is 21.5. The van der Waals surface area contributed by atoms with Gasteiger partial charge in [0.15, 0.2) is 6.61 Å². The molecule has 30 heavy (non-hydrogen) atoms. The number of carbonyl (C=O) groups excluding carboxylic acids is 2. The number of aryl methyl sites for hydroxylation is 1. The maximum atomic E-state index is 13.0. The van der Waals surface area contributed by atoms with Gasteiger partial charge >= 0.3 is 5.97 Å². The van der Waals surface area contributed by atoms with Gasteiger partial charge in [-0.15, -0.1) is 0 Å². The van der Waals surface area contributed by atoms with E-state index >= 15 is 0 Å². The van der Waals surface area contributed by atoms with Crippen molar-refractivity contribution in [3.63, 3.8) is 0 Å². The average Bonchev–Trinajstić information content (AvgIpc) is 3.33. The van der Waals surface area contributed by atoms with Crippen molar-refractivity contribution in [3.05, 3.63) is 71.0 Å². The highest BCUT2D eigenvalue weighted by Gasteiger charge is 2.19. The Balaban J connectivity index is 1.62. The second-order valence-corrected chi connectivity index (χ2v) is 6.95. The lowest BCUT2D eigenvalue weighted by Gasteiger charge is -2.09. The Bertz CT molecular complexity index is 1030. The van der Waals surface area contributed by atoms with E-state index in [9.17, 15) is 14.0 Å².